The zero-order valence-electron chi connectivity index (χ0n) is 26.5. The molecular formula is C37H40N4O5S. The van der Waals surface area contributed by atoms with Crippen molar-refractivity contribution in [1.29, 1.82) is 0 Å². The fraction of sp³-hybridized carbons (Fsp3) is 0.243. The molecule has 1 saturated heterocycles. The van der Waals surface area contributed by atoms with Crippen LogP contribution in [0.15, 0.2) is 108 Å². The van der Waals surface area contributed by atoms with Crippen molar-refractivity contribution in [3.05, 3.63) is 125 Å². The van der Waals surface area contributed by atoms with Crippen molar-refractivity contribution in [3.63, 3.8) is 0 Å². The quantitative estimate of drug-likeness (QED) is 0.195. The van der Waals surface area contributed by atoms with Crippen LogP contribution in [-0.2, 0) is 27.9 Å². The molecule has 0 unspecified atom stereocenters. The first-order valence-corrected chi connectivity index (χ1v) is 17.2. The normalized spacial score (nSPS) is 13.5. The summed E-state index contributed by atoms with van der Waals surface area (Å²) in [7, 11) is -2.23. The van der Waals surface area contributed by atoms with Gasteiger partial charge in [0.05, 0.1) is 12.0 Å². The fourth-order valence-electron chi connectivity index (χ4n) is 5.55. The highest BCUT2D eigenvalue weighted by Crippen LogP contribution is 2.23. The molecule has 0 aliphatic carbocycles. The Bertz CT molecular complexity index is 1820. The summed E-state index contributed by atoms with van der Waals surface area (Å²) in [5.74, 6) is 0.409. The smallest absolute Gasteiger partial charge is 0.251 e. The second kappa shape index (κ2) is 15.7. The molecule has 2 amide bonds. The van der Waals surface area contributed by atoms with Gasteiger partial charge in [-0.1, -0.05) is 54.6 Å². The Balaban J connectivity index is 1.33. The first kappa shape index (κ1) is 33.6. The zero-order chi connectivity index (χ0) is 33.2. The van der Waals surface area contributed by atoms with E-state index in [1.165, 1.54) is 31.1 Å². The molecule has 0 aromatic heterocycles. The maximum Gasteiger partial charge on any atom is 0.251 e. The Kier molecular flexibility index (Phi) is 11.2. The molecule has 1 heterocycles. The summed E-state index contributed by atoms with van der Waals surface area (Å²) in [6.07, 6.45) is 5.71. The maximum absolute atomic E-state index is 13.6. The number of carbonyl (C=O) groups excluding carboxylic acids is 2. The van der Waals surface area contributed by atoms with E-state index in [4.69, 9.17) is 9.88 Å². The molecule has 0 atom stereocenters. The molecule has 0 radical (unpaired) electrons. The molecular weight excluding hydrogens is 612 g/mol. The highest BCUT2D eigenvalue weighted by Gasteiger charge is 2.16. The number of rotatable bonds is 13. The van der Waals surface area contributed by atoms with Gasteiger partial charge in [0.2, 0.25) is 15.9 Å². The SMILES string of the molecule is COc1ccc(/C=C/C(=O)N(Cc2ccc(S(N)(=O)=O)cc2)Cc2cccc(-c3cccc(C(=O)NCCN4CCCC4)c3)c2)cc1. The van der Waals surface area contributed by atoms with Crippen LogP contribution >= 0.6 is 0 Å². The third kappa shape index (κ3) is 9.62. The van der Waals surface area contributed by atoms with Crippen LogP contribution in [0, 0.1) is 0 Å². The lowest BCUT2D eigenvalue weighted by molar-refractivity contribution is -0.127. The number of ether oxygens (including phenoxy) is 1. The third-order valence-electron chi connectivity index (χ3n) is 8.14. The van der Waals surface area contributed by atoms with E-state index in [1.54, 1.807) is 30.2 Å². The van der Waals surface area contributed by atoms with Crippen molar-refractivity contribution in [1.82, 2.24) is 15.1 Å². The van der Waals surface area contributed by atoms with E-state index >= 15 is 0 Å². The van der Waals surface area contributed by atoms with Crippen molar-refractivity contribution >= 4 is 27.9 Å². The van der Waals surface area contributed by atoms with Gasteiger partial charge in [-0.15, -0.1) is 0 Å². The van der Waals surface area contributed by atoms with Crippen molar-refractivity contribution in [2.24, 2.45) is 5.14 Å². The van der Waals surface area contributed by atoms with Crippen molar-refractivity contribution in [2.75, 3.05) is 33.3 Å². The molecule has 47 heavy (non-hydrogen) atoms. The van der Waals surface area contributed by atoms with Crippen LogP contribution in [0.5, 0.6) is 5.75 Å². The number of nitrogens with two attached hydrogens (primary N) is 1. The van der Waals surface area contributed by atoms with E-state index < -0.39 is 10.0 Å². The number of hydrogen-bond acceptors (Lipinski definition) is 6. The van der Waals surface area contributed by atoms with Crippen LogP contribution in [0.2, 0.25) is 0 Å². The van der Waals surface area contributed by atoms with Crippen molar-refractivity contribution in [3.8, 4) is 16.9 Å². The van der Waals surface area contributed by atoms with Gasteiger partial charge in [-0.2, -0.15) is 0 Å². The van der Waals surface area contributed by atoms with Gasteiger partial charge in [-0.25, -0.2) is 13.6 Å². The number of sulfonamides is 1. The first-order chi connectivity index (χ1) is 22.7. The molecule has 4 aromatic rings. The zero-order valence-corrected chi connectivity index (χ0v) is 27.3. The molecule has 244 valence electrons. The Morgan fingerprint density at radius 1 is 0.872 bits per heavy atom. The lowest BCUT2D eigenvalue weighted by Crippen LogP contribution is -2.33. The Morgan fingerprint density at radius 3 is 2.21 bits per heavy atom. The summed E-state index contributed by atoms with van der Waals surface area (Å²) in [4.78, 5) is 30.5. The Morgan fingerprint density at radius 2 is 1.53 bits per heavy atom. The van der Waals surface area contributed by atoms with E-state index in [0.29, 0.717) is 18.7 Å². The first-order valence-electron chi connectivity index (χ1n) is 15.6. The van der Waals surface area contributed by atoms with Gasteiger partial charge in [-0.3, -0.25) is 9.59 Å². The van der Waals surface area contributed by atoms with Gasteiger partial charge < -0.3 is 19.9 Å². The second-order valence-electron chi connectivity index (χ2n) is 11.6. The molecule has 0 bridgehead atoms. The van der Waals surface area contributed by atoms with Crippen LogP contribution in [0.25, 0.3) is 17.2 Å². The number of amides is 2. The van der Waals surface area contributed by atoms with Gasteiger partial charge in [0, 0.05) is 37.8 Å². The number of nitrogens with one attached hydrogen (secondary N) is 1. The molecule has 5 rings (SSSR count). The number of hydrogen-bond donors (Lipinski definition) is 2. The van der Waals surface area contributed by atoms with Crippen LogP contribution < -0.4 is 15.2 Å². The molecule has 1 aliphatic heterocycles. The number of benzene rings is 4. The Hall–Kier alpha value is -4.77. The van der Waals surface area contributed by atoms with Gasteiger partial charge in [0.25, 0.3) is 5.91 Å². The summed E-state index contributed by atoms with van der Waals surface area (Å²) >= 11 is 0. The monoisotopic (exact) mass is 652 g/mol. The van der Waals surface area contributed by atoms with E-state index in [2.05, 4.69) is 10.2 Å². The molecule has 0 saturated carbocycles. The topological polar surface area (TPSA) is 122 Å². The predicted molar refractivity (Wildman–Crippen MR) is 184 cm³/mol. The minimum Gasteiger partial charge on any atom is -0.497 e. The standard InChI is InChI=1S/C37H40N4O5S/c1-46-34-15-10-28(11-16-34)14-19-36(42)41(26-29-12-17-35(18-13-29)47(38,44)45)27-30-6-4-7-31(24-30)32-8-5-9-33(25-32)37(43)39-20-23-40-21-2-3-22-40/h4-19,24-25H,2-3,20-23,26-27H2,1H3,(H,39,43)(H2,38,44,45)/b19-14+. The number of primary sulfonamides is 1. The highest BCUT2D eigenvalue weighted by atomic mass is 32.2. The summed E-state index contributed by atoms with van der Waals surface area (Å²) in [5, 5.41) is 8.31. The minimum atomic E-state index is -3.83. The maximum atomic E-state index is 13.6. The van der Waals surface area contributed by atoms with Crippen LogP contribution in [0.1, 0.15) is 39.9 Å². The molecule has 4 aromatic carbocycles. The average Bonchev–Trinajstić information content (AvgIpc) is 3.61. The van der Waals surface area contributed by atoms with E-state index in [-0.39, 0.29) is 23.3 Å². The van der Waals surface area contributed by atoms with Crippen LogP contribution in [-0.4, -0.2) is 63.3 Å². The van der Waals surface area contributed by atoms with Gasteiger partial charge in [-0.05, 0) is 102 Å². The van der Waals surface area contributed by atoms with Gasteiger partial charge in [0.1, 0.15) is 5.75 Å². The van der Waals surface area contributed by atoms with Gasteiger partial charge in [0.15, 0.2) is 0 Å². The van der Waals surface area contributed by atoms with Crippen LogP contribution in [0.3, 0.4) is 0 Å². The van der Waals surface area contributed by atoms with E-state index in [0.717, 1.165) is 53.2 Å². The second-order valence-corrected chi connectivity index (χ2v) is 13.1. The summed E-state index contributed by atoms with van der Waals surface area (Å²) in [6.45, 7) is 4.19. The summed E-state index contributed by atoms with van der Waals surface area (Å²) in [6, 6.07) is 29.0. The number of nitrogens with zero attached hydrogens (tertiary/aromatic N) is 2. The van der Waals surface area contributed by atoms with E-state index in [1.807, 2.05) is 72.8 Å². The molecule has 10 heteroatoms. The van der Waals surface area contributed by atoms with Crippen LogP contribution in [0.4, 0.5) is 0 Å². The van der Waals surface area contributed by atoms with Gasteiger partial charge >= 0.3 is 0 Å². The molecule has 9 nitrogen and oxygen atoms in total. The highest BCUT2D eigenvalue weighted by molar-refractivity contribution is 7.89. The lowest BCUT2D eigenvalue weighted by atomic mass is 10.0. The van der Waals surface area contributed by atoms with Crippen molar-refractivity contribution in [2.45, 2.75) is 30.8 Å². The number of methoxy groups -OCH3 is 1. The molecule has 1 fully saturated rings. The summed E-state index contributed by atoms with van der Waals surface area (Å²) < 4.78 is 28.7. The molecule has 3 N–H and O–H groups in total. The van der Waals surface area contributed by atoms with Crippen molar-refractivity contribution < 1.29 is 22.7 Å². The Labute approximate surface area is 276 Å². The lowest BCUT2D eigenvalue weighted by Gasteiger charge is -2.22. The summed E-state index contributed by atoms with van der Waals surface area (Å²) in [5.41, 5.74) is 4.91. The molecule has 1 aliphatic rings. The largest absolute Gasteiger partial charge is 0.497 e. The third-order valence-corrected chi connectivity index (χ3v) is 9.07. The number of likely N-dealkylation sites (tertiary alicyclic amines) is 1. The minimum absolute atomic E-state index is 0.00809. The molecule has 0 spiro atoms. The van der Waals surface area contributed by atoms with E-state index in [9.17, 15) is 18.0 Å². The number of carbonyl (C=O) groups is 2. The predicted octanol–water partition coefficient (Wildman–Crippen LogP) is 5.08. The fourth-order valence-corrected chi connectivity index (χ4v) is 6.07. The average molecular weight is 653 g/mol.